The molecule has 0 spiro atoms. The van der Waals surface area contributed by atoms with Crippen molar-refractivity contribution in [3.63, 3.8) is 0 Å². The zero-order valence-electron chi connectivity index (χ0n) is 16.9. The van der Waals surface area contributed by atoms with Gasteiger partial charge in [-0.2, -0.15) is 13.2 Å². The number of para-hydroxylation sites is 1. The number of alkyl halides is 3. The summed E-state index contributed by atoms with van der Waals surface area (Å²) in [5.74, 6) is 0. The molecule has 1 N–H and O–H groups in total. The Morgan fingerprint density at radius 1 is 1.29 bits per heavy atom. The lowest BCUT2D eigenvalue weighted by Crippen LogP contribution is -2.42. The minimum absolute atomic E-state index is 0.0622. The summed E-state index contributed by atoms with van der Waals surface area (Å²) in [4.78, 5) is 19.5. The Kier molecular flexibility index (Phi) is 6.15. The Morgan fingerprint density at radius 3 is 2.84 bits per heavy atom. The smallest absolute Gasteiger partial charge is 0.382 e. The van der Waals surface area contributed by atoms with Crippen LogP contribution in [-0.4, -0.2) is 36.2 Å². The molecule has 2 heterocycles. The largest absolute Gasteiger partial charge is 0.416 e. The summed E-state index contributed by atoms with van der Waals surface area (Å²) in [6, 6.07) is 11.6. The fourth-order valence-corrected chi connectivity index (χ4v) is 4.97. The SMILES string of the molecule is COCC(NC(=O)N1CCCC1c1nc2ccccc2s1)c1cccc(C(F)(F)F)c1. The lowest BCUT2D eigenvalue weighted by Gasteiger charge is -2.27. The molecule has 0 saturated carbocycles. The van der Waals surface area contributed by atoms with E-state index in [0.29, 0.717) is 12.1 Å². The minimum Gasteiger partial charge on any atom is -0.382 e. The lowest BCUT2D eigenvalue weighted by atomic mass is 10.0. The van der Waals surface area contributed by atoms with Crippen molar-refractivity contribution in [3.05, 3.63) is 64.7 Å². The van der Waals surface area contributed by atoms with Crippen LogP contribution in [0.25, 0.3) is 10.2 Å². The van der Waals surface area contributed by atoms with Crippen molar-refractivity contribution in [2.75, 3.05) is 20.3 Å². The average molecular weight is 449 g/mol. The number of nitrogens with zero attached hydrogens (tertiary/aromatic N) is 2. The van der Waals surface area contributed by atoms with E-state index in [1.165, 1.54) is 13.2 Å². The number of methoxy groups -OCH3 is 1. The summed E-state index contributed by atoms with van der Waals surface area (Å²) in [5, 5.41) is 3.73. The van der Waals surface area contributed by atoms with Gasteiger partial charge in [0.25, 0.3) is 0 Å². The van der Waals surface area contributed by atoms with Crippen LogP contribution in [0.2, 0.25) is 0 Å². The van der Waals surface area contributed by atoms with Gasteiger partial charge in [0.1, 0.15) is 5.01 Å². The number of urea groups is 1. The Morgan fingerprint density at radius 2 is 2.10 bits per heavy atom. The Hall–Kier alpha value is -2.65. The molecule has 164 valence electrons. The van der Waals surface area contributed by atoms with Crippen molar-refractivity contribution in [2.45, 2.75) is 31.1 Å². The number of hydrogen-bond donors (Lipinski definition) is 1. The van der Waals surface area contributed by atoms with Gasteiger partial charge in [-0.15, -0.1) is 11.3 Å². The number of carbonyl (C=O) groups excluding carboxylic acids is 1. The fourth-order valence-electron chi connectivity index (χ4n) is 3.85. The first-order chi connectivity index (χ1) is 14.9. The number of nitrogens with one attached hydrogen (secondary N) is 1. The number of rotatable bonds is 5. The molecule has 2 atom stereocenters. The van der Waals surface area contributed by atoms with Crippen LogP contribution < -0.4 is 5.32 Å². The van der Waals surface area contributed by atoms with E-state index in [4.69, 9.17) is 4.74 Å². The molecule has 0 radical (unpaired) electrons. The molecule has 2 amide bonds. The Bertz CT molecular complexity index is 1040. The molecule has 9 heteroatoms. The number of benzene rings is 2. The summed E-state index contributed by atoms with van der Waals surface area (Å²) in [6.07, 6.45) is -2.82. The summed E-state index contributed by atoms with van der Waals surface area (Å²) in [6.45, 7) is 0.626. The predicted molar refractivity (Wildman–Crippen MR) is 113 cm³/mol. The normalized spacial score (nSPS) is 17.8. The highest BCUT2D eigenvalue weighted by molar-refractivity contribution is 7.18. The number of thiazole rings is 1. The molecule has 5 nitrogen and oxygen atoms in total. The first-order valence-electron chi connectivity index (χ1n) is 9.95. The van der Waals surface area contributed by atoms with Gasteiger partial charge in [-0.1, -0.05) is 24.3 Å². The van der Waals surface area contributed by atoms with Crippen molar-refractivity contribution in [3.8, 4) is 0 Å². The fraction of sp³-hybridized carbons (Fsp3) is 0.364. The molecular formula is C22H22F3N3O2S. The van der Waals surface area contributed by atoms with Crippen molar-refractivity contribution in [1.82, 2.24) is 15.2 Å². The van der Waals surface area contributed by atoms with Gasteiger partial charge in [-0.05, 0) is 42.7 Å². The Balaban J connectivity index is 1.54. The van der Waals surface area contributed by atoms with Gasteiger partial charge in [0.2, 0.25) is 0 Å². The van der Waals surface area contributed by atoms with Crippen LogP contribution in [0.3, 0.4) is 0 Å². The quantitative estimate of drug-likeness (QED) is 0.556. The van der Waals surface area contributed by atoms with Gasteiger partial charge in [0, 0.05) is 13.7 Å². The second-order valence-electron chi connectivity index (χ2n) is 7.45. The van der Waals surface area contributed by atoms with Gasteiger partial charge in [-0.25, -0.2) is 9.78 Å². The van der Waals surface area contributed by atoms with Crippen LogP contribution in [0, 0.1) is 0 Å². The molecule has 2 unspecified atom stereocenters. The number of hydrogen-bond acceptors (Lipinski definition) is 4. The van der Waals surface area contributed by atoms with E-state index in [0.717, 1.165) is 40.2 Å². The number of amides is 2. The lowest BCUT2D eigenvalue weighted by molar-refractivity contribution is -0.137. The van der Waals surface area contributed by atoms with Crippen LogP contribution in [0.15, 0.2) is 48.5 Å². The summed E-state index contributed by atoms with van der Waals surface area (Å²) < 4.78 is 45.6. The minimum atomic E-state index is -4.45. The van der Waals surface area contributed by atoms with E-state index in [1.54, 1.807) is 22.3 Å². The van der Waals surface area contributed by atoms with E-state index in [2.05, 4.69) is 10.3 Å². The zero-order valence-corrected chi connectivity index (χ0v) is 17.7. The second-order valence-corrected chi connectivity index (χ2v) is 8.51. The summed E-state index contributed by atoms with van der Waals surface area (Å²) in [7, 11) is 1.45. The first-order valence-corrected chi connectivity index (χ1v) is 10.8. The van der Waals surface area contributed by atoms with Crippen LogP contribution in [0.1, 0.15) is 41.1 Å². The van der Waals surface area contributed by atoms with Crippen LogP contribution >= 0.6 is 11.3 Å². The van der Waals surface area contributed by atoms with E-state index in [1.807, 2.05) is 24.3 Å². The molecular weight excluding hydrogens is 427 g/mol. The van der Waals surface area contributed by atoms with Gasteiger partial charge in [-0.3, -0.25) is 0 Å². The van der Waals surface area contributed by atoms with Crippen molar-refractivity contribution in [2.24, 2.45) is 0 Å². The maximum Gasteiger partial charge on any atom is 0.416 e. The molecule has 1 fully saturated rings. The van der Waals surface area contributed by atoms with Gasteiger partial charge < -0.3 is 15.0 Å². The third-order valence-corrected chi connectivity index (χ3v) is 6.49. The maximum atomic E-state index is 13.1. The number of carbonyl (C=O) groups is 1. The van der Waals surface area contributed by atoms with Crippen molar-refractivity contribution < 1.29 is 22.7 Å². The molecule has 1 aromatic heterocycles. The standard InChI is InChI=1S/C22H22F3N3O2S/c1-30-13-17(14-6-4-7-15(12-14)22(23,24)25)27-21(29)28-11-5-9-18(28)20-26-16-8-2-3-10-19(16)31-20/h2-4,6-8,10,12,17-18H,5,9,11,13H2,1H3,(H,27,29). The predicted octanol–water partition coefficient (Wildman–Crippen LogP) is 5.55. The van der Waals surface area contributed by atoms with Crippen molar-refractivity contribution >= 4 is 27.6 Å². The third kappa shape index (κ3) is 4.67. The molecule has 1 saturated heterocycles. The highest BCUT2D eigenvalue weighted by Crippen LogP contribution is 2.37. The number of fused-ring (bicyclic) bond motifs is 1. The average Bonchev–Trinajstić information content (AvgIpc) is 3.39. The molecule has 1 aliphatic heterocycles. The maximum absolute atomic E-state index is 13.1. The van der Waals surface area contributed by atoms with E-state index >= 15 is 0 Å². The third-order valence-electron chi connectivity index (χ3n) is 5.36. The molecule has 31 heavy (non-hydrogen) atoms. The van der Waals surface area contributed by atoms with Crippen molar-refractivity contribution in [1.29, 1.82) is 0 Å². The first kappa shape index (κ1) is 21.6. The zero-order chi connectivity index (χ0) is 22.0. The van der Waals surface area contributed by atoms with Crippen LogP contribution in [-0.2, 0) is 10.9 Å². The highest BCUT2D eigenvalue weighted by atomic mass is 32.1. The number of likely N-dealkylation sites (tertiary alicyclic amines) is 1. The molecule has 2 aromatic carbocycles. The monoisotopic (exact) mass is 449 g/mol. The van der Waals surface area contributed by atoms with E-state index < -0.39 is 17.8 Å². The van der Waals surface area contributed by atoms with Gasteiger partial charge in [0.05, 0.1) is 34.5 Å². The molecule has 0 bridgehead atoms. The van der Waals surface area contributed by atoms with Crippen LogP contribution in [0.4, 0.5) is 18.0 Å². The van der Waals surface area contributed by atoms with E-state index in [-0.39, 0.29) is 18.7 Å². The Labute approximate surface area is 181 Å². The number of aromatic nitrogens is 1. The molecule has 0 aliphatic carbocycles. The molecule has 3 aromatic rings. The topological polar surface area (TPSA) is 54.5 Å². The van der Waals surface area contributed by atoms with E-state index in [9.17, 15) is 18.0 Å². The summed E-state index contributed by atoms with van der Waals surface area (Å²) in [5.41, 5.74) is 0.491. The second kappa shape index (κ2) is 8.84. The number of halogens is 3. The number of ether oxygens (including phenoxy) is 1. The molecule has 4 rings (SSSR count). The van der Waals surface area contributed by atoms with Crippen LogP contribution in [0.5, 0.6) is 0 Å². The van der Waals surface area contributed by atoms with Gasteiger partial charge >= 0.3 is 12.2 Å². The summed E-state index contributed by atoms with van der Waals surface area (Å²) >= 11 is 1.56. The highest BCUT2D eigenvalue weighted by Gasteiger charge is 2.34. The van der Waals surface area contributed by atoms with Gasteiger partial charge in [0.15, 0.2) is 0 Å². The molecule has 1 aliphatic rings.